The molecule has 138 valence electrons. The van der Waals surface area contributed by atoms with Crippen molar-refractivity contribution >= 4 is 5.91 Å². The third kappa shape index (κ3) is 3.35. The van der Waals surface area contributed by atoms with Crippen molar-refractivity contribution in [1.29, 1.82) is 0 Å². The molecule has 2 saturated heterocycles. The molecule has 2 fully saturated rings. The van der Waals surface area contributed by atoms with Crippen LogP contribution in [0.4, 0.5) is 0 Å². The topological polar surface area (TPSA) is 47.4 Å². The number of piperidine rings is 1. The molecule has 1 amide bonds. The summed E-state index contributed by atoms with van der Waals surface area (Å²) in [5.41, 5.74) is 1.28. The molecule has 1 aromatic carbocycles. The molecule has 2 atom stereocenters. The monoisotopic (exact) mass is 353 g/mol. The molecule has 26 heavy (non-hydrogen) atoms. The second-order valence-corrected chi connectivity index (χ2v) is 7.81. The van der Waals surface area contributed by atoms with Crippen LogP contribution in [-0.4, -0.2) is 39.3 Å². The first kappa shape index (κ1) is 17.1. The van der Waals surface area contributed by atoms with Crippen molar-refractivity contribution in [2.75, 3.05) is 6.61 Å². The summed E-state index contributed by atoms with van der Waals surface area (Å²) in [5, 5.41) is 4.39. The molecule has 1 aromatic heterocycles. The van der Waals surface area contributed by atoms with Gasteiger partial charge in [0.15, 0.2) is 6.61 Å². The van der Waals surface area contributed by atoms with Crippen molar-refractivity contribution in [3.63, 3.8) is 0 Å². The van der Waals surface area contributed by atoms with Crippen LogP contribution in [0.1, 0.15) is 57.1 Å². The van der Waals surface area contributed by atoms with E-state index in [1.54, 1.807) is 0 Å². The molecule has 2 aliphatic rings. The van der Waals surface area contributed by atoms with Crippen LogP contribution in [0.15, 0.2) is 42.7 Å². The van der Waals surface area contributed by atoms with Gasteiger partial charge in [-0.3, -0.25) is 9.48 Å². The number of benzene rings is 1. The van der Waals surface area contributed by atoms with E-state index in [4.69, 9.17) is 4.74 Å². The first-order valence-corrected chi connectivity index (χ1v) is 9.65. The summed E-state index contributed by atoms with van der Waals surface area (Å²) in [4.78, 5) is 14.9. The summed E-state index contributed by atoms with van der Waals surface area (Å²) in [6.45, 7) is 4.46. The predicted octanol–water partition coefficient (Wildman–Crippen LogP) is 3.78. The van der Waals surface area contributed by atoms with Crippen LogP contribution < -0.4 is 4.74 Å². The van der Waals surface area contributed by atoms with E-state index in [1.165, 1.54) is 5.56 Å². The maximum atomic E-state index is 12.8. The first-order valence-electron chi connectivity index (χ1n) is 9.65. The molecular weight excluding hydrogens is 326 g/mol. The average Bonchev–Trinajstić information content (AvgIpc) is 3.27. The Morgan fingerprint density at radius 3 is 2.42 bits per heavy atom. The van der Waals surface area contributed by atoms with E-state index in [0.717, 1.165) is 31.4 Å². The second-order valence-electron chi connectivity index (χ2n) is 7.81. The predicted molar refractivity (Wildman–Crippen MR) is 100 cm³/mol. The Hall–Kier alpha value is -2.30. The average molecular weight is 353 g/mol. The molecule has 4 rings (SSSR count). The summed E-state index contributed by atoms with van der Waals surface area (Å²) in [7, 11) is 0. The molecule has 0 N–H and O–H groups in total. The maximum absolute atomic E-state index is 12.8. The van der Waals surface area contributed by atoms with E-state index >= 15 is 0 Å². The molecule has 0 radical (unpaired) electrons. The van der Waals surface area contributed by atoms with E-state index < -0.39 is 0 Å². The SMILES string of the molecule is CC(C)c1ccc(OCC(=O)N2C3CCC2CC(n2cccn2)C3)cc1. The Bertz CT molecular complexity index is 725. The lowest BCUT2D eigenvalue weighted by atomic mass is 9.97. The van der Waals surface area contributed by atoms with Gasteiger partial charge in [0.2, 0.25) is 0 Å². The highest BCUT2D eigenvalue weighted by molar-refractivity contribution is 5.79. The summed E-state index contributed by atoms with van der Waals surface area (Å²) >= 11 is 0. The number of nitrogens with zero attached hydrogens (tertiary/aromatic N) is 3. The van der Waals surface area contributed by atoms with Crippen LogP contribution in [0.2, 0.25) is 0 Å². The zero-order chi connectivity index (χ0) is 18.1. The van der Waals surface area contributed by atoms with Gasteiger partial charge in [0.05, 0.1) is 6.04 Å². The quantitative estimate of drug-likeness (QED) is 0.822. The van der Waals surface area contributed by atoms with E-state index in [2.05, 4.69) is 40.7 Å². The van der Waals surface area contributed by atoms with Crippen molar-refractivity contribution in [2.24, 2.45) is 0 Å². The van der Waals surface area contributed by atoms with Crippen molar-refractivity contribution in [3.05, 3.63) is 48.3 Å². The van der Waals surface area contributed by atoms with E-state index in [9.17, 15) is 4.79 Å². The van der Waals surface area contributed by atoms with Gasteiger partial charge < -0.3 is 9.64 Å². The van der Waals surface area contributed by atoms with E-state index in [1.807, 2.05) is 30.6 Å². The fourth-order valence-electron chi connectivity index (χ4n) is 4.44. The Balaban J connectivity index is 1.35. The number of aromatic nitrogens is 2. The Labute approximate surface area is 154 Å². The fraction of sp³-hybridized carbons (Fsp3) is 0.524. The van der Waals surface area contributed by atoms with Crippen molar-refractivity contribution < 1.29 is 9.53 Å². The Morgan fingerprint density at radius 1 is 1.15 bits per heavy atom. The molecule has 0 aliphatic carbocycles. The summed E-state index contributed by atoms with van der Waals surface area (Å²) in [6, 6.07) is 11.1. The summed E-state index contributed by atoms with van der Waals surface area (Å²) in [6.07, 6.45) is 8.04. The molecule has 2 bridgehead atoms. The van der Waals surface area contributed by atoms with Crippen LogP contribution in [0.3, 0.4) is 0 Å². The third-order valence-electron chi connectivity index (χ3n) is 5.80. The molecule has 5 nitrogen and oxygen atoms in total. The fourth-order valence-corrected chi connectivity index (χ4v) is 4.44. The highest BCUT2D eigenvalue weighted by atomic mass is 16.5. The van der Waals surface area contributed by atoms with Gasteiger partial charge in [-0.1, -0.05) is 26.0 Å². The zero-order valence-electron chi connectivity index (χ0n) is 15.5. The number of ether oxygens (including phenoxy) is 1. The number of fused-ring (bicyclic) bond motifs is 2. The van der Waals surface area contributed by atoms with Crippen molar-refractivity contribution in [2.45, 2.75) is 63.6 Å². The molecular formula is C21H27N3O2. The van der Waals surface area contributed by atoms with Gasteiger partial charge in [0, 0.05) is 24.5 Å². The number of hydrogen-bond donors (Lipinski definition) is 0. The summed E-state index contributed by atoms with van der Waals surface area (Å²) < 4.78 is 7.83. The van der Waals surface area contributed by atoms with Crippen molar-refractivity contribution in [1.82, 2.24) is 14.7 Å². The lowest BCUT2D eigenvalue weighted by Gasteiger charge is -2.39. The minimum atomic E-state index is 0.115. The first-order chi connectivity index (χ1) is 12.6. The second kappa shape index (κ2) is 7.14. The Kier molecular flexibility index (Phi) is 4.70. The van der Waals surface area contributed by atoms with Crippen molar-refractivity contribution in [3.8, 4) is 5.75 Å². The van der Waals surface area contributed by atoms with Gasteiger partial charge in [0.1, 0.15) is 5.75 Å². The highest BCUT2D eigenvalue weighted by Gasteiger charge is 2.43. The lowest BCUT2D eigenvalue weighted by Crippen LogP contribution is -2.48. The number of carbonyl (C=O) groups is 1. The molecule has 2 unspecified atom stereocenters. The van der Waals surface area contributed by atoms with Gasteiger partial charge in [-0.15, -0.1) is 0 Å². The molecule has 0 saturated carbocycles. The molecule has 0 spiro atoms. The summed E-state index contributed by atoms with van der Waals surface area (Å²) in [5.74, 6) is 1.38. The van der Waals surface area contributed by atoms with Gasteiger partial charge in [-0.2, -0.15) is 5.10 Å². The number of rotatable bonds is 5. The van der Waals surface area contributed by atoms with E-state index in [0.29, 0.717) is 24.0 Å². The number of carbonyl (C=O) groups excluding carboxylic acids is 1. The lowest BCUT2D eigenvalue weighted by molar-refractivity contribution is -0.138. The maximum Gasteiger partial charge on any atom is 0.261 e. The largest absolute Gasteiger partial charge is 0.484 e. The number of hydrogen-bond acceptors (Lipinski definition) is 3. The van der Waals surface area contributed by atoms with E-state index in [-0.39, 0.29) is 12.5 Å². The smallest absolute Gasteiger partial charge is 0.261 e. The van der Waals surface area contributed by atoms with Crippen LogP contribution in [0, 0.1) is 0 Å². The van der Waals surface area contributed by atoms with Gasteiger partial charge >= 0.3 is 0 Å². The van der Waals surface area contributed by atoms with Gasteiger partial charge in [-0.05, 0) is 55.4 Å². The third-order valence-corrected chi connectivity index (χ3v) is 5.80. The minimum absolute atomic E-state index is 0.115. The molecule has 5 heteroatoms. The van der Waals surface area contributed by atoms with Gasteiger partial charge in [-0.25, -0.2) is 0 Å². The number of amides is 1. The normalized spacial score (nSPS) is 24.9. The van der Waals surface area contributed by atoms with Gasteiger partial charge in [0.25, 0.3) is 5.91 Å². The highest BCUT2D eigenvalue weighted by Crippen LogP contribution is 2.40. The molecule has 3 heterocycles. The Morgan fingerprint density at radius 2 is 1.85 bits per heavy atom. The van der Waals surface area contributed by atoms with Crippen LogP contribution in [0.25, 0.3) is 0 Å². The van der Waals surface area contributed by atoms with Crippen LogP contribution in [-0.2, 0) is 4.79 Å². The molecule has 2 aromatic rings. The zero-order valence-corrected chi connectivity index (χ0v) is 15.5. The van der Waals surface area contributed by atoms with Crippen LogP contribution >= 0.6 is 0 Å². The van der Waals surface area contributed by atoms with Crippen LogP contribution in [0.5, 0.6) is 5.75 Å². The molecule has 2 aliphatic heterocycles. The minimum Gasteiger partial charge on any atom is -0.484 e. The standard InChI is InChI=1S/C21H27N3O2/c1-15(2)16-4-8-20(9-5-16)26-14-21(25)24-17-6-7-18(24)13-19(12-17)23-11-3-10-22-23/h3-5,8-11,15,17-19H,6-7,12-14H2,1-2H3.